The first-order valence-electron chi connectivity index (χ1n) is 5.29. The number of carboxylic acid groups (broad SMARTS) is 1. The minimum absolute atomic E-state index is 0.178. The van der Waals surface area contributed by atoms with E-state index in [0.717, 1.165) is 5.56 Å². The third-order valence-corrected chi connectivity index (χ3v) is 2.32. The normalized spacial score (nSPS) is 11.8. The van der Waals surface area contributed by atoms with Crippen molar-refractivity contribution in [2.45, 2.75) is 25.8 Å². The first-order valence-corrected chi connectivity index (χ1v) is 5.29. The highest BCUT2D eigenvalue weighted by molar-refractivity contribution is 5.83. The number of carbonyl (C=O) groups excluding carboxylic acids is 1. The van der Waals surface area contributed by atoms with Crippen LogP contribution in [0.2, 0.25) is 0 Å². The Balaban J connectivity index is 2.38. The molecule has 0 aromatic heterocycles. The average Bonchev–Trinajstić information content (AvgIpc) is 2.28. The summed E-state index contributed by atoms with van der Waals surface area (Å²) in [7, 11) is 0. The summed E-state index contributed by atoms with van der Waals surface area (Å²) in [5.41, 5.74) is 0.918. The molecular weight excluding hydrogens is 222 g/mol. The number of aliphatic carboxylic acids is 1. The van der Waals surface area contributed by atoms with Crippen LogP contribution in [0.4, 0.5) is 0 Å². The summed E-state index contributed by atoms with van der Waals surface area (Å²) in [6.45, 7) is 1.42. The molecule has 92 valence electrons. The fraction of sp³-hybridized carbons (Fsp3) is 0.333. The first-order chi connectivity index (χ1) is 7.99. The number of amides is 1. The van der Waals surface area contributed by atoms with Gasteiger partial charge < -0.3 is 15.5 Å². The van der Waals surface area contributed by atoms with Crippen LogP contribution in [0.5, 0.6) is 5.75 Å². The summed E-state index contributed by atoms with van der Waals surface area (Å²) in [4.78, 5) is 21.9. The van der Waals surface area contributed by atoms with Crippen LogP contribution in [0.15, 0.2) is 24.3 Å². The largest absolute Gasteiger partial charge is 0.508 e. The van der Waals surface area contributed by atoms with Crippen molar-refractivity contribution in [1.82, 2.24) is 5.32 Å². The van der Waals surface area contributed by atoms with E-state index in [-0.39, 0.29) is 18.1 Å². The van der Waals surface area contributed by atoms with Crippen molar-refractivity contribution in [2.24, 2.45) is 0 Å². The molecule has 0 saturated carbocycles. The van der Waals surface area contributed by atoms with Gasteiger partial charge in [-0.15, -0.1) is 0 Å². The Morgan fingerprint density at radius 3 is 2.41 bits per heavy atom. The van der Waals surface area contributed by atoms with Crippen LogP contribution in [0.1, 0.15) is 18.9 Å². The molecule has 1 atom stereocenters. The maximum absolute atomic E-state index is 11.4. The summed E-state index contributed by atoms with van der Waals surface area (Å²) < 4.78 is 0. The Hall–Kier alpha value is -2.04. The predicted octanol–water partition coefficient (Wildman–Crippen LogP) is 0.914. The monoisotopic (exact) mass is 237 g/mol. The van der Waals surface area contributed by atoms with Crippen molar-refractivity contribution >= 4 is 11.9 Å². The zero-order valence-corrected chi connectivity index (χ0v) is 9.51. The smallest absolute Gasteiger partial charge is 0.325 e. The van der Waals surface area contributed by atoms with Gasteiger partial charge >= 0.3 is 5.97 Å². The molecule has 0 heterocycles. The molecule has 1 amide bonds. The molecule has 0 bridgehead atoms. The molecule has 0 aliphatic heterocycles. The lowest BCUT2D eigenvalue weighted by Crippen LogP contribution is -2.38. The van der Waals surface area contributed by atoms with E-state index in [1.54, 1.807) is 24.3 Å². The Morgan fingerprint density at radius 1 is 1.29 bits per heavy atom. The molecule has 17 heavy (non-hydrogen) atoms. The zero-order valence-electron chi connectivity index (χ0n) is 9.51. The number of carbonyl (C=O) groups is 2. The number of hydrogen-bond acceptors (Lipinski definition) is 3. The van der Waals surface area contributed by atoms with Gasteiger partial charge in [-0.25, -0.2) is 0 Å². The zero-order chi connectivity index (χ0) is 12.8. The van der Waals surface area contributed by atoms with Crippen LogP contribution in [0.3, 0.4) is 0 Å². The van der Waals surface area contributed by atoms with Crippen molar-refractivity contribution in [1.29, 1.82) is 0 Å². The number of aromatic hydroxyl groups is 1. The summed E-state index contributed by atoms with van der Waals surface area (Å²) >= 11 is 0. The van der Waals surface area contributed by atoms with Gasteiger partial charge in [0.05, 0.1) is 0 Å². The van der Waals surface area contributed by atoms with Crippen molar-refractivity contribution in [2.75, 3.05) is 0 Å². The average molecular weight is 237 g/mol. The number of carboxylic acids is 1. The molecule has 0 radical (unpaired) electrons. The first kappa shape index (κ1) is 13.0. The molecule has 0 unspecified atom stereocenters. The van der Waals surface area contributed by atoms with Gasteiger partial charge in [0.25, 0.3) is 0 Å². The van der Waals surface area contributed by atoms with E-state index in [0.29, 0.717) is 6.42 Å². The Morgan fingerprint density at radius 2 is 1.88 bits per heavy atom. The van der Waals surface area contributed by atoms with E-state index >= 15 is 0 Å². The third kappa shape index (κ3) is 4.55. The van der Waals surface area contributed by atoms with Crippen molar-refractivity contribution in [3.8, 4) is 5.75 Å². The second-order valence-corrected chi connectivity index (χ2v) is 3.79. The van der Waals surface area contributed by atoms with Crippen LogP contribution in [-0.2, 0) is 16.0 Å². The Labute approximate surface area is 99.1 Å². The molecule has 0 saturated heterocycles. The van der Waals surface area contributed by atoms with E-state index in [2.05, 4.69) is 5.32 Å². The molecule has 0 spiro atoms. The number of aryl methyl sites for hydroxylation is 1. The Bertz CT molecular complexity index is 399. The van der Waals surface area contributed by atoms with Gasteiger partial charge in [0.1, 0.15) is 11.8 Å². The van der Waals surface area contributed by atoms with Gasteiger partial charge in [0, 0.05) is 6.42 Å². The molecule has 5 heteroatoms. The topological polar surface area (TPSA) is 86.6 Å². The lowest BCUT2D eigenvalue weighted by molar-refractivity contribution is -0.141. The van der Waals surface area contributed by atoms with Crippen molar-refractivity contribution in [3.05, 3.63) is 29.8 Å². The molecule has 1 aromatic rings. The van der Waals surface area contributed by atoms with Gasteiger partial charge in [0.15, 0.2) is 0 Å². The number of phenols is 1. The van der Waals surface area contributed by atoms with Gasteiger partial charge in [-0.2, -0.15) is 0 Å². The quantitative estimate of drug-likeness (QED) is 0.710. The number of rotatable bonds is 5. The van der Waals surface area contributed by atoms with E-state index in [9.17, 15) is 9.59 Å². The summed E-state index contributed by atoms with van der Waals surface area (Å²) in [5.74, 6) is -1.17. The van der Waals surface area contributed by atoms with Gasteiger partial charge in [-0.05, 0) is 31.0 Å². The maximum atomic E-state index is 11.4. The summed E-state index contributed by atoms with van der Waals surface area (Å²) in [6, 6.07) is 5.68. The number of hydrogen-bond donors (Lipinski definition) is 3. The second-order valence-electron chi connectivity index (χ2n) is 3.79. The molecule has 5 nitrogen and oxygen atoms in total. The fourth-order valence-corrected chi connectivity index (χ4v) is 1.30. The predicted molar refractivity (Wildman–Crippen MR) is 61.7 cm³/mol. The highest BCUT2D eigenvalue weighted by Crippen LogP contribution is 2.10. The molecule has 0 aliphatic rings. The lowest BCUT2D eigenvalue weighted by Gasteiger charge is -2.08. The van der Waals surface area contributed by atoms with E-state index in [4.69, 9.17) is 10.2 Å². The molecule has 3 N–H and O–H groups in total. The van der Waals surface area contributed by atoms with Crippen LogP contribution in [-0.4, -0.2) is 28.1 Å². The van der Waals surface area contributed by atoms with Gasteiger partial charge in [-0.1, -0.05) is 12.1 Å². The second kappa shape index (κ2) is 5.89. The molecule has 1 rings (SSSR count). The number of phenolic OH excluding ortho intramolecular Hbond substituents is 1. The molecule has 0 aliphatic carbocycles. The number of benzene rings is 1. The maximum Gasteiger partial charge on any atom is 0.325 e. The van der Waals surface area contributed by atoms with Crippen molar-refractivity contribution in [3.63, 3.8) is 0 Å². The third-order valence-electron chi connectivity index (χ3n) is 2.32. The van der Waals surface area contributed by atoms with E-state index in [1.165, 1.54) is 6.92 Å². The van der Waals surface area contributed by atoms with E-state index in [1.807, 2.05) is 0 Å². The highest BCUT2D eigenvalue weighted by Gasteiger charge is 2.13. The minimum Gasteiger partial charge on any atom is -0.508 e. The highest BCUT2D eigenvalue weighted by atomic mass is 16.4. The Kier molecular flexibility index (Phi) is 4.51. The van der Waals surface area contributed by atoms with Gasteiger partial charge in [-0.3, -0.25) is 9.59 Å². The van der Waals surface area contributed by atoms with Crippen LogP contribution in [0.25, 0.3) is 0 Å². The minimum atomic E-state index is -1.05. The van der Waals surface area contributed by atoms with Crippen LogP contribution < -0.4 is 5.32 Å². The van der Waals surface area contributed by atoms with Crippen molar-refractivity contribution < 1.29 is 19.8 Å². The van der Waals surface area contributed by atoms with Crippen LogP contribution in [0, 0.1) is 0 Å². The molecular formula is C12H15NO4. The SMILES string of the molecule is C[C@H](NC(=O)CCc1ccc(O)cc1)C(=O)O. The lowest BCUT2D eigenvalue weighted by atomic mass is 10.1. The van der Waals surface area contributed by atoms with Gasteiger partial charge in [0.2, 0.25) is 5.91 Å². The van der Waals surface area contributed by atoms with E-state index < -0.39 is 12.0 Å². The molecule has 1 aromatic carbocycles. The molecule has 0 fully saturated rings. The summed E-state index contributed by atoms with van der Waals surface area (Å²) in [5, 5.41) is 20.0. The fourth-order valence-electron chi connectivity index (χ4n) is 1.30. The standard InChI is InChI=1S/C12H15NO4/c1-8(12(16)17)13-11(15)7-4-9-2-5-10(14)6-3-9/h2-3,5-6,8,14H,4,7H2,1H3,(H,13,15)(H,16,17)/t8-/m0/s1. The number of nitrogens with one attached hydrogen (secondary N) is 1. The van der Waals surface area contributed by atoms with Crippen LogP contribution >= 0.6 is 0 Å². The summed E-state index contributed by atoms with van der Waals surface area (Å²) in [6.07, 6.45) is 0.737.